The third-order valence-corrected chi connectivity index (χ3v) is 20.7. The van der Waals surface area contributed by atoms with Gasteiger partial charge >= 0.3 is 5.95 Å². The third kappa shape index (κ3) is 46.0. The number of halogens is 6. The summed E-state index contributed by atoms with van der Waals surface area (Å²) in [7, 11) is 0. The molecule has 149 heavy (non-hydrogen) atoms. The van der Waals surface area contributed by atoms with Crippen molar-refractivity contribution >= 4 is 258 Å². The number of anilines is 7. The summed E-state index contributed by atoms with van der Waals surface area (Å²) in [4.78, 5) is 143. The number of nitrogens with two attached hydrogens (primary N) is 4. The number of carbonyl (C=O) groups excluding carboxylic acids is 9. The first-order valence-electron chi connectivity index (χ1n) is 43.9. The lowest BCUT2D eigenvalue weighted by Crippen LogP contribution is -2.49. The van der Waals surface area contributed by atoms with E-state index in [1.54, 1.807) is 167 Å². The average molecular weight is 2360 g/mol. The summed E-state index contributed by atoms with van der Waals surface area (Å²) in [5.41, 5.74) is 31.9. The van der Waals surface area contributed by atoms with Gasteiger partial charge in [0.25, 0.3) is 17.1 Å². The highest BCUT2D eigenvalue weighted by Gasteiger charge is 2.27. The molecule has 784 valence electrons. The van der Waals surface area contributed by atoms with Gasteiger partial charge in [-0.05, 0) is 270 Å². The SMILES string of the molecule is Br.Br.C.CC(=O)C(C(C)=O)[n+]1cccnc1N.CC(=O)C(Cl)C(C)=O.CC(=O)c1c(C)nc2ncccn12.CCOc1ccc(N)cc1.CCOc1ccc(NC(=S)NC(=O)c2ccccc2)cc1.CCOc1ccc(NC(N)=S)cc1.CCOc1ccc(Nc2nc(-c3c(C)nc4ncccn34)cs2)cc1.Cc1nc2ncccn2c1C(=O)CBr.Cl.Nc1ncccn1.O=C(Cl)c1ccccc1.O=C(N=C=S)c1ccccc1. The summed E-state index contributed by atoms with van der Waals surface area (Å²) in [5.74, 6) is 4.04. The number of aliphatic imine (C=N–C) groups is 1. The van der Waals surface area contributed by atoms with Crippen LogP contribution in [0.3, 0.4) is 0 Å². The van der Waals surface area contributed by atoms with E-state index in [1.165, 1.54) is 45.4 Å². The molecule has 0 aliphatic carbocycles. The number of hydrogen-bond donors (Lipinski definition) is 8. The van der Waals surface area contributed by atoms with Crippen molar-refractivity contribution in [3.63, 3.8) is 0 Å². The largest absolute Gasteiger partial charge is 0.494 e. The van der Waals surface area contributed by atoms with Crippen LogP contribution < -0.4 is 67.7 Å². The first kappa shape index (κ1) is 130. The molecule has 0 aliphatic heterocycles. The number of hydrogen-bond acceptors (Lipinski definition) is 31. The van der Waals surface area contributed by atoms with E-state index in [0.717, 1.165) is 73.7 Å². The molecule has 7 aromatic carbocycles. The van der Waals surface area contributed by atoms with Crippen molar-refractivity contribution < 1.29 is 66.7 Å². The Balaban J connectivity index is 0.000000563. The zero-order valence-corrected chi connectivity index (χ0v) is 92.7. The number of thiazole rings is 1. The summed E-state index contributed by atoms with van der Waals surface area (Å²) in [6, 6.07) is 64.4. The second-order valence-electron chi connectivity index (χ2n) is 29.1. The van der Waals surface area contributed by atoms with Gasteiger partial charge in [0.2, 0.25) is 23.3 Å². The molecule has 0 unspecified atom stereocenters. The van der Waals surface area contributed by atoms with Gasteiger partial charge in [-0.15, -0.1) is 69.3 Å². The Morgan fingerprint density at radius 3 is 1.28 bits per heavy atom. The minimum Gasteiger partial charge on any atom is -0.494 e. The predicted octanol–water partition coefficient (Wildman–Crippen LogP) is 20.5. The number of imidazole rings is 3. The number of ketones is 6. The van der Waals surface area contributed by atoms with E-state index < -0.39 is 16.7 Å². The van der Waals surface area contributed by atoms with Crippen molar-refractivity contribution in [1.82, 2.24) is 68.4 Å². The summed E-state index contributed by atoms with van der Waals surface area (Å²) in [6.07, 6.45) is 16.9. The molecule has 46 heteroatoms. The van der Waals surface area contributed by atoms with Gasteiger partial charge in [0, 0.05) is 107 Å². The number of fused-ring (bicyclic) bond motifs is 3. The predicted molar refractivity (Wildman–Crippen MR) is 615 cm³/mol. The number of rotatable bonds is 24. The fourth-order valence-electron chi connectivity index (χ4n) is 12.0. The van der Waals surface area contributed by atoms with Crippen molar-refractivity contribution in [1.29, 1.82) is 0 Å². The molecule has 0 bridgehead atoms. The molecule has 36 nitrogen and oxygen atoms in total. The zero-order valence-electron chi connectivity index (χ0n) is 82.1. The molecule has 0 spiro atoms. The molecule has 0 atom stereocenters. The van der Waals surface area contributed by atoms with E-state index in [1.807, 2.05) is 191 Å². The lowest BCUT2D eigenvalue weighted by molar-refractivity contribution is -0.684. The Morgan fingerprint density at radius 1 is 0.497 bits per heavy atom. The van der Waals surface area contributed by atoms with E-state index >= 15 is 0 Å². The van der Waals surface area contributed by atoms with Gasteiger partial charge in [0.1, 0.15) is 51.7 Å². The van der Waals surface area contributed by atoms with Crippen LogP contribution in [0.2, 0.25) is 0 Å². The first-order valence-corrected chi connectivity index (χ1v) is 47.9. The maximum atomic E-state index is 11.9. The Bertz CT molecular complexity index is 6940. The smallest absolute Gasteiger partial charge is 0.390 e. The van der Waals surface area contributed by atoms with Crippen molar-refractivity contribution in [3.05, 3.63) is 331 Å². The molecule has 9 aromatic heterocycles. The Hall–Kier alpha value is -14.9. The number of isothiocyanates is 1. The summed E-state index contributed by atoms with van der Waals surface area (Å²) >= 11 is 29.2. The molecule has 16 rings (SSSR count). The number of Topliss-reactive ketones (excluding diaryl/α,β-unsaturated/α-hetero) is 6. The van der Waals surface area contributed by atoms with Crippen molar-refractivity contribution in [2.45, 2.75) is 102 Å². The molecule has 0 radical (unpaired) electrons. The number of carbonyl (C=O) groups is 9. The van der Waals surface area contributed by atoms with Crippen LogP contribution in [0.25, 0.3) is 28.7 Å². The minimum absolute atomic E-state index is 0. The van der Waals surface area contributed by atoms with Gasteiger partial charge in [-0.25, -0.2) is 49.4 Å². The van der Waals surface area contributed by atoms with Crippen molar-refractivity contribution in [2.24, 2.45) is 10.7 Å². The zero-order chi connectivity index (χ0) is 106. The number of aromatic nitrogens is 14. The van der Waals surface area contributed by atoms with Crippen LogP contribution >= 0.6 is 133 Å². The Kier molecular flexibility index (Phi) is 61.9. The van der Waals surface area contributed by atoms with E-state index in [-0.39, 0.29) is 116 Å². The van der Waals surface area contributed by atoms with E-state index in [0.29, 0.717) is 88.8 Å². The number of benzene rings is 7. The van der Waals surface area contributed by atoms with Gasteiger partial charge in [-0.3, -0.25) is 67.4 Å². The van der Waals surface area contributed by atoms with Crippen LogP contribution in [0.1, 0.15) is 145 Å². The van der Waals surface area contributed by atoms with Crippen LogP contribution in [0, 0.1) is 20.8 Å². The summed E-state index contributed by atoms with van der Waals surface area (Å²) < 4.78 is 28.0. The number of alkyl halides is 2. The topological polar surface area (TPSA) is 501 Å². The molecule has 16 aromatic rings. The molecule has 9 heterocycles. The molecule has 2 amide bonds. The van der Waals surface area contributed by atoms with Gasteiger partial charge in [-0.1, -0.05) is 95.1 Å². The lowest BCUT2D eigenvalue weighted by Gasteiger charge is -2.10. The molecule has 0 saturated heterocycles. The lowest BCUT2D eigenvalue weighted by atomic mass is 10.1. The second-order valence-corrected chi connectivity index (χ2v) is 32.4. The number of nitrogen functional groups attached to an aromatic ring is 3. The highest BCUT2D eigenvalue weighted by atomic mass is 79.9. The molecule has 12 N–H and O–H groups in total. The summed E-state index contributed by atoms with van der Waals surface area (Å²) in [6.45, 7) is 22.9. The highest BCUT2D eigenvalue weighted by Crippen LogP contribution is 2.31. The van der Waals surface area contributed by atoms with Crippen LogP contribution in [-0.4, -0.2) is 167 Å². The van der Waals surface area contributed by atoms with Gasteiger partial charge in [0.05, 0.1) is 65.9 Å². The van der Waals surface area contributed by atoms with E-state index in [2.05, 4.69) is 99.3 Å². The fraction of sp³-hybridized carbons (Fsp3) is 0.194. The second kappa shape index (κ2) is 70.8. The minimum atomic E-state index is -0.935. The van der Waals surface area contributed by atoms with Crippen LogP contribution in [0.15, 0.2) is 291 Å². The van der Waals surface area contributed by atoms with Crippen LogP contribution in [-0.2, 0) is 19.2 Å². The van der Waals surface area contributed by atoms with Crippen LogP contribution in [0.4, 0.5) is 39.8 Å². The third-order valence-electron chi connectivity index (χ3n) is 18.2. The van der Waals surface area contributed by atoms with Crippen LogP contribution in [0.5, 0.6) is 23.0 Å². The van der Waals surface area contributed by atoms with E-state index in [4.69, 9.17) is 94.5 Å². The fourth-order valence-corrected chi connectivity index (χ4v) is 13.6. The number of amides is 2. The number of nitrogens with zero attached hydrogens (tertiary/aromatic N) is 15. The number of aryl methyl sites for hydroxylation is 3. The van der Waals surface area contributed by atoms with Gasteiger partial charge in [-0.2, -0.15) is 4.99 Å². The Morgan fingerprint density at radius 2 is 0.893 bits per heavy atom. The summed E-state index contributed by atoms with van der Waals surface area (Å²) in [5, 5.41) is 16.1. The number of thiocarbonyl (C=S) groups is 3. The standard InChI is InChI=1S/C18H17N5OS.C16H16N2O2S.C9H8BrN3O.C9H11N3O2.C9H9N3O.C9H12N2OS.C8H5NOS.C8H11NO.C7H5ClO.C5H7ClO2.C4H5N3.CH4.2BrH.ClH/c1-3-24-14-7-5-13(6-8-14)21-18-22-15(11-25-18)16-12(2)20-17-19-9-4-10-23(16)17;1-2-20-14-10-8-13(9-11-14)17-16(21)18-15(19)12-6-4-3-5-7-12;1-6-8(7(14)5-10)13-4-2-3-11-9(13)12-6;1-6(13)8(7(2)14)12-5-3-4-11-9(12)10;1-6-8(7(2)13)12-5-3-4-10-9(12)11-6;1-2-12-8-5-3-7(4-6-8)11-9(10)13;10-8(9-6-11)7-4-2-1-3-5-7;1-2-10-8-5-3-7(9)4-6-8;8-7(9)6-4-2-1-3-5-6;1-3(7)5(6)4(2)8;5-4-6-2-1-3-7-4;;;;/h4-11H,3H2,1-2H3,(H,21,22);3-11H,2H2,1H3,(H2,17,18,19,21);2-4H,5H2,1H3;3-5,8,10H,1-2H3;3-5H,1-2H3;3-6H,2H2,1H3,(H3,10,11,13);1-5H;3-6H,2,9H2,1H3;1-5H;5H,1-2H3;1-3H,(H2,5,6,7);1H4;3*1H/p+1. The molecular weight excluding hydrogens is 2240 g/mol. The average Bonchev–Trinajstić information content (AvgIpc) is 1.63. The van der Waals surface area contributed by atoms with Gasteiger partial charge < -0.3 is 52.1 Å². The monoisotopic (exact) mass is 2350 g/mol. The van der Waals surface area contributed by atoms with E-state index in [9.17, 15) is 43.2 Å². The quantitative estimate of drug-likeness (QED) is 0.00407. The number of ether oxygens (including phenoxy) is 4. The van der Waals surface area contributed by atoms with Crippen molar-refractivity contribution in [2.75, 3.05) is 64.9 Å². The highest BCUT2D eigenvalue weighted by molar-refractivity contribution is 9.09. The van der Waals surface area contributed by atoms with Gasteiger partial charge in [0.15, 0.2) is 56.1 Å². The maximum Gasteiger partial charge on any atom is 0.390 e. The first-order chi connectivity index (χ1) is 69.5. The molecule has 0 fully saturated rings. The molecular formula is C103H114Br3Cl3N23O13S4+. The maximum absolute atomic E-state index is 11.9. The van der Waals surface area contributed by atoms with Crippen molar-refractivity contribution in [3.8, 4) is 34.4 Å². The molecule has 0 saturated carbocycles. The number of nitrogens with one attached hydrogen (secondary N) is 4. The Labute approximate surface area is 928 Å². The normalized spacial score (nSPS) is 9.62. The molecule has 0 aliphatic rings.